The van der Waals surface area contributed by atoms with Gasteiger partial charge in [0.25, 0.3) is 0 Å². The van der Waals surface area contributed by atoms with Crippen LogP contribution in [0.1, 0.15) is 34.1 Å². The molecule has 0 spiro atoms. The molecule has 2 rings (SSSR count). The van der Waals surface area contributed by atoms with Crippen molar-refractivity contribution < 1.29 is 9.84 Å². The maximum atomic E-state index is 9.59. The molecule has 0 aromatic carbocycles. The Morgan fingerprint density at radius 3 is 2.67 bits per heavy atom. The molecule has 0 saturated carbocycles. The first kappa shape index (κ1) is 10.9. The molecule has 1 N–H and O–H groups in total. The summed E-state index contributed by atoms with van der Waals surface area (Å²) in [5.41, 5.74) is 1.15. The molecular weight excluding hydrogens is 188 g/mol. The standard InChI is InChI=1S/C13H20O2/c1-9(14)10-8-11-12(2,3)6-5-7-13(11,4)15-10/h5-6,8-10,14H,7H2,1-4H3. The summed E-state index contributed by atoms with van der Waals surface area (Å²) in [4.78, 5) is 0. The van der Waals surface area contributed by atoms with Crippen molar-refractivity contribution in [2.24, 2.45) is 5.41 Å². The van der Waals surface area contributed by atoms with Gasteiger partial charge >= 0.3 is 0 Å². The summed E-state index contributed by atoms with van der Waals surface area (Å²) in [5, 5.41) is 9.59. The minimum absolute atomic E-state index is 0.0522. The molecule has 0 bridgehead atoms. The monoisotopic (exact) mass is 208 g/mol. The average molecular weight is 208 g/mol. The van der Waals surface area contributed by atoms with E-state index in [0.29, 0.717) is 0 Å². The van der Waals surface area contributed by atoms with Crippen molar-refractivity contribution in [1.82, 2.24) is 0 Å². The topological polar surface area (TPSA) is 29.5 Å². The molecule has 2 nitrogen and oxygen atoms in total. The Morgan fingerprint density at radius 1 is 1.47 bits per heavy atom. The molecule has 0 fully saturated rings. The Bertz CT molecular complexity index is 325. The largest absolute Gasteiger partial charge is 0.390 e. The van der Waals surface area contributed by atoms with Gasteiger partial charge in [-0.3, -0.25) is 0 Å². The average Bonchev–Trinajstić information content (AvgIpc) is 2.43. The zero-order valence-electron chi connectivity index (χ0n) is 9.95. The molecule has 3 unspecified atom stereocenters. The van der Waals surface area contributed by atoms with Crippen LogP contribution in [0.4, 0.5) is 0 Å². The van der Waals surface area contributed by atoms with E-state index in [4.69, 9.17) is 4.74 Å². The Morgan fingerprint density at radius 2 is 2.13 bits per heavy atom. The molecule has 84 valence electrons. The summed E-state index contributed by atoms with van der Waals surface area (Å²) in [6.07, 6.45) is 6.84. The van der Waals surface area contributed by atoms with Gasteiger partial charge in [-0.2, -0.15) is 0 Å². The van der Waals surface area contributed by atoms with Gasteiger partial charge in [-0.05, 0) is 25.8 Å². The lowest BCUT2D eigenvalue weighted by Crippen LogP contribution is -2.37. The van der Waals surface area contributed by atoms with Crippen LogP contribution in [0.15, 0.2) is 23.8 Å². The van der Waals surface area contributed by atoms with Crippen LogP contribution in [0.3, 0.4) is 0 Å². The Balaban J connectivity index is 2.37. The van der Waals surface area contributed by atoms with Gasteiger partial charge in [0, 0.05) is 5.41 Å². The molecule has 2 heteroatoms. The van der Waals surface area contributed by atoms with Crippen molar-refractivity contribution in [3.63, 3.8) is 0 Å². The van der Waals surface area contributed by atoms with Crippen molar-refractivity contribution in [3.05, 3.63) is 23.8 Å². The maximum Gasteiger partial charge on any atom is 0.103 e. The van der Waals surface area contributed by atoms with E-state index in [0.717, 1.165) is 6.42 Å². The molecular formula is C13H20O2. The fourth-order valence-electron chi connectivity index (χ4n) is 2.70. The summed E-state index contributed by atoms with van der Waals surface area (Å²) in [7, 11) is 0. The second-order valence-corrected chi connectivity index (χ2v) is 5.46. The normalized spacial score (nSPS) is 39.8. The van der Waals surface area contributed by atoms with Gasteiger partial charge in [-0.1, -0.05) is 32.1 Å². The van der Waals surface area contributed by atoms with Crippen molar-refractivity contribution in [1.29, 1.82) is 0 Å². The van der Waals surface area contributed by atoms with Crippen LogP contribution in [0, 0.1) is 5.41 Å². The summed E-state index contributed by atoms with van der Waals surface area (Å²) < 4.78 is 5.96. The van der Waals surface area contributed by atoms with Crippen LogP contribution in [-0.4, -0.2) is 22.9 Å². The fraction of sp³-hybridized carbons (Fsp3) is 0.692. The maximum absolute atomic E-state index is 9.59. The van der Waals surface area contributed by atoms with E-state index in [1.807, 2.05) is 0 Å². The highest BCUT2D eigenvalue weighted by molar-refractivity contribution is 5.37. The zero-order chi connectivity index (χ0) is 11.3. The molecule has 2 aliphatic rings. The predicted molar refractivity (Wildman–Crippen MR) is 60.6 cm³/mol. The highest BCUT2D eigenvalue weighted by Crippen LogP contribution is 2.48. The van der Waals surface area contributed by atoms with Crippen molar-refractivity contribution in [3.8, 4) is 0 Å². The van der Waals surface area contributed by atoms with Crippen LogP contribution in [-0.2, 0) is 4.74 Å². The number of hydrogen-bond acceptors (Lipinski definition) is 2. The van der Waals surface area contributed by atoms with Gasteiger partial charge in [0.05, 0.1) is 11.7 Å². The van der Waals surface area contributed by atoms with E-state index in [-0.39, 0.29) is 17.1 Å². The fourth-order valence-corrected chi connectivity index (χ4v) is 2.70. The van der Waals surface area contributed by atoms with Crippen LogP contribution in [0.5, 0.6) is 0 Å². The van der Waals surface area contributed by atoms with E-state index in [9.17, 15) is 5.11 Å². The third kappa shape index (κ3) is 1.66. The molecule has 0 aromatic rings. The smallest absolute Gasteiger partial charge is 0.103 e. The number of fused-ring (bicyclic) bond motifs is 1. The Kier molecular flexibility index (Phi) is 2.32. The SMILES string of the molecule is CC(O)C1C=C2C(C)(C)C=CCC2(C)O1. The first-order chi connectivity index (χ1) is 6.85. The van der Waals surface area contributed by atoms with Crippen molar-refractivity contribution >= 4 is 0 Å². The van der Waals surface area contributed by atoms with E-state index in [1.165, 1.54) is 5.57 Å². The lowest BCUT2D eigenvalue weighted by Gasteiger charge is -2.38. The number of ether oxygens (including phenoxy) is 1. The third-order valence-corrected chi connectivity index (χ3v) is 3.51. The molecule has 1 aliphatic heterocycles. The van der Waals surface area contributed by atoms with E-state index < -0.39 is 6.10 Å². The molecule has 15 heavy (non-hydrogen) atoms. The zero-order valence-corrected chi connectivity index (χ0v) is 9.95. The first-order valence-corrected chi connectivity index (χ1v) is 5.61. The Hall–Kier alpha value is -0.600. The van der Waals surface area contributed by atoms with Gasteiger partial charge < -0.3 is 9.84 Å². The van der Waals surface area contributed by atoms with Gasteiger partial charge in [0.15, 0.2) is 0 Å². The predicted octanol–water partition coefficient (Wildman–Crippen LogP) is 2.44. The number of hydrogen-bond donors (Lipinski definition) is 1. The van der Waals surface area contributed by atoms with Gasteiger partial charge in [0.2, 0.25) is 0 Å². The number of aliphatic hydroxyl groups is 1. The summed E-state index contributed by atoms with van der Waals surface area (Å²) in [6, 6.07) is 0. The minimum atomic E-state index is -0.435. The number of allylic oxidation sites excluding steroid dienone is 1. The van der Waals surface area contributed by atoms with E-state index in [2.05, 4.69) is 39.0 Å². The third-order valence-electron chi connectivity index (χ3n) is 3.51. The van der Waals surface area contributed by atoms with E-state index >= 15 is 0 Å². The minimum Gasteiger partial charge on any atom is -0.390 e. The first-order valence-electron chi connectivity index (χ1n) is 5.61. The molecule has 1 aliphatic carbocycles. The van der Waals surface area contributed by atoms with Crippen molar-refractivity contribution in [2.75, 3.05) is 0 Å². The number of rotatable bonds is 1. The highest BCUT2D eigenvalue weighted by atomic mass is 16.5. The molecule has 0 saturated heterocycles. The highest BCUT2D eigenvalue weighted by Gasteiger charge is 2.46. The van der Waals surface area contributed by atoms with Gasteiger partial charge in [0.1, 0.15) is 6.10 Å². The molecule has 0 radical (unpaired) electrons. The molecule has 3 atom stereocenters. The Labute approximate surface area is 91.6 Å². The molecule has 1 heterocycles. The van der Waals surface area contributed by atoms with Crippen LogP contribution in [0.2, 0.25) is 0 Å². The second-order valence-electron chi connectivity index (χ2n) is 5.46. The van der Waals surface area contributed by atoms with Crippen LogP contribution < -0.4 is 0 Å². The van der Waals surface area contributed by atoms with Gasteiger partial charge in [-0.15, -0.1) is 0 Å². The van der Waals surface area contributed by atoms with Crippen molar-refractivity contribution in [2.45, 2.75) is 51.9 Å². The van der Waals surface area contributed by atoms with Gasteiger partial charge in [-0.25, -0.2) is 0 Å². The summed E-state index contributed by atoms with van der Waals surface area (Å²) in [6.45, 7) is 8.29. The van der Waals surface area contributed by atoms with Crippen LogP contribution >= 0.6 is 0 Å². The number of aliphatic hydroxyl groups excluding tert-OH is 1. The summed E-state index contributed by atoms with van der Waals surface area (Å²) >= 11 is 0. The quantitative estimate of drug-likeness (QED) is 0.671. The summed E-state index contributed by atoms with van der Waals surface area (Å²) in [5.74, 6) is 0. The molecule has 0 aromatic heterocycles. The molecule has 0 amide bonds. The van der Waals surface area contributed by atoms with E-state index in [1.54, 1.807) is 6.92 Å². The lowest BCUT2D eigenvalue weighted by molar-refractivity contribution is -0.0678. The second kappa shape index (κ2) is 3.19. The van der Waals surface area contributed by atoms with Crippen LogP contribution in [0.25, 0.3) is 0 Å². The lowest BCUT2D eigenvalue weighted by atomic mass is 9.71.